The minimum atomic E-state index is 0. The van der Waals surface area contributed by atoms with Gasteiger partial charge in [0.2, 0.25) is 0 Å². The Balaban J connectivity index is 0.000000172. The molecule has 0 aliphatic carbocycles. The Kier molecular flexibility index (Phi) is 9.67. The molecule has 4 aromatic carbocycles. The van der Waals surface area contributed by atoms with Gasteiger partial charge in [0.25, 0.3) is 0 Å². The number of aromatic nitrogens is 3. The van der Waals surface area contributed by atoms with Gasteiger partial charge in [-0.05, 0) is 28.6 Å². The van der Waals surface area contributed by atoms with E-state index in [1.807, 2.05) is 103 Å². The van der Waals surface area contributed by atoms with E-state index < -0.39 is 0 Å². The quantitative estimate of drug-likeness (QED) is 0.166. The van der Waals surface area contributed by atoms with Gasteiger partial charge in [-0.25, -0.2) is 22.7 Å². The van der Waals surface area contributed by atoms with Gasteiger partial charge < -0.3 is 14.7 Å². The van der Waals surface area contributed by atoms with Crippen molar-refractivity contribution in [3.05, 3.63) is 145 Å². The van der Waals surface area contributed by atoms with Crippen molar-refractivity contribution >= 4 is 21.7 Å². The van der Waals surface area contributed by atoms with Crippen LogP contribution in [0.25, 0.3) is 55.6 Å². The van der Waals surface area contributed by atoms with E-state index in [9.17, 15) is 0 Å². The van der Waals surface area contributed by atoms with Gasteiger partial charge in [-0.2, -0.15) is 24.3 Å². The molecule has 0 unspecified atom stereocenters. The van der Waals surface area contributed by atoms with Crippen molar-refractivity contribution in [2.24, 2.45) is 0 Å². The first-order valence-corrected chi connectivity index (χ1v) is 13.1. The fourth-order valence-corrected chi connectivity index (χ4v) is 4.75. The second kappa shape index (κ2) is 13.6. The summed E-state index contributed by atoms with van der Waals surface area (Å²) in [5.74, 6) is 0.780. The van der Waals surface area contributed by atoms with Crippen LogP contribution in [0.15, 0.2) is 121 Å². The van der Waals surface area contributed by atoms with Crippen LogP contribution in [0, 0.1) is 18.2 Å². The molecule has 0 fully saturated rings. The third-order valence-corrected chi connectivity index (χ3v) is 6.79. The van der Waals surface area contributed by atoms with Crippen molar-refractivity contribution in [1.29, 1.82) is 0 Å². The largest absolute Gasteiger partial charge is 0.499 e. The molecule has 4 nitrogen and oxygen atoms in total. The molecule has 0 bridgehead atoms. The van der Waals surface area contributed by atoms with Crippen molar-refractivity contribution < 1.29 is 57.6 Å². The first-order valence-electron chi connectivity index (χ1n) is 13.1. The van der Waals surface area contributed by atoms with E-state index >= 15 is 0 Å². The Morgan fingerprint density at radius 2 is 1.33 bits per heavy atom. The minimum Gasteiger partial charge on any atom is -0.499 e. The molecule has 202 valence electrons. The average molecular weight is 794 g/mol. The third-order valence-electron chi connectivity index (χ3n) is 6.79. The molecule has 0 saturated carbocycles. The van der Waals surface area contributed by atoms with Crippen LogP contribution in [0.4, 0.5) is 0 Å². The molecule has 0 N–H and O–H groups in total. The molecule has 6 heteroatoms. The molecule has 0 saturated heterocycles. The number of benzene rings is 4. The molecule has 0 amide bonds. The van der Waals surface area contributed by atoms with E-state index in [1.165, 1.54) is 10.8 Å². The summed E-state index contributed by atoms with van der Waals surface area (Å²) in [6.45, 7) is 0.491. The molecule has 4 heterocycles. The molecule has 42 heavy (non-hydrogen) atoms. The Hall–Kier alpha value is -3.60. The molecule has 1 aliphatic rings. The molecule has 3 aromatic heterocycles. The average Bonchev–Trinajstić information content (AvgIpc) is 3.04. The summed E-state index contributed by atoms with van der Waals surface area (Å²) in [7, 11) is 0. The Morgan fingerprint density at radius 1 is 0.643 bits per heavy atom. The minimum absolute atomic E-state index is 0. The SMILES string of the molecule is [Ir].[Y].[c-]1ccccc1-c1[c-]cc2c(n1)-c1nc3ccccc3cc1OC2.[c-]1ccccc1-c1cc2ccccc2cn1. The first-order chi connectivity index (χ1) is 19.8. The maximum Gasteiger partial charge on any atom is 0.145 e. The van der Waals surface area contributed by atoms with Crippen LogP contribution < -0.4 is 4.74 Å². The number of hydrogen-bond acceptors (Lipinski definition) is 4. The van der Waals surface area contributed by atoms with Gasteiger partial charge in [0.05, 0.1) is 12.1 Å². The van der Waals surface area contributed by atoms with Gasteiger partial charge in [-0.1, -0.05) is 54.1 Å². The van der Waals surface area contributed by atoms with Gasteiger partial charge in [0.1, 0.15) is 11.4 Å². The smallest absolute Gasteiger partial charge is 0.145 e. The van der Waals surface area contributed by atoms with E-state index in [-0.39, 0.29) is 52.8 Å². The molecule has 1 aliphatic heterocycles. The zero-order valence-electron chi connectivity index (χ0n) is 22.4. The summed E-state index contributed by atoms with van der Waals surface area (Å²) in [4.78, 5) is 14.0. The number of para-hydroxylation sites is 1. The summed E-state index contributed by atoms with van der Waals surface area (Å²) in [5, 5.41) is 3.45. The first kappa shape index (κ1) is 29.9. The molecule has 0 atom stereocenters. The standard InChI is InChI=1S/C21H12N2O.C15H10N.Ir.Y/c1-2-6-14(7-3-1)18-11-10-16-13-24-19-12-15-8-4-5-9-17(15)23-21(19)20(16)22-18;1-2-6-12(7-3-1)15-10-13-8-4-5-9-14(13)11-16-15;;/h1-6,8-10,12H,13H2;1-6,8-11H;;/q-2;-1;;. The maximum absolute atomic E-state index is 5.87. The molecular formula is C36H22IrN3OY-3. The summed E-state index contributed by atoms with van der Waals surface area (Å²) in [5.41, 5.74) is 7.31. The zero-order chi connectivity index (χ0) is 26.7. The zero-order valence-corrected chi connectivity index (χ0v) is 27.6. The van der Waals surface area contributed by atoms with Crippen LogP contribution in [-0.2, 0) is 59.4 Å². The summed E-state index contributed by atoms with van der Waals surface area (Å²) >= 11 is 0. The molecule has 8 rings (SSSR count). The van der Waals surface area contributed by atoms with Crippen molar-refractivity contribution in [3.8, 4) is 39.7 Å². The molecule has 7 aromatic rings. The van der Waals surface area contributed by atoms with Crippen LogP contribution in [0.1, 0.15) is 5.56 Å². The summed E-state index contributed by atoms with van der Waals surface area (Å²) in [6, 6.07) is 47.7. The van der Waals surface area contributed by atoms with Crippen LogP contribution in [0.3, 0.4) is 0 Å². The van der Waals surface area contributed by atoms with Gasteiger partial charge in [-0.3, -0.25) is 0 Å². The van der Waals surface area contributed by atoms with E-state index in [0.717, 1.165) is 56.1 Å². The van der Waals surface area contributed by atoms with Crippen molar-refractivity contribution in [1.82, 2.24) is 15.0 Å². The van der Waals surface area contributed by atoms with Crippen molar-refractivity contribution in [2.45, 2.75) is 6.61 Å². The number of fused-ring (bicyclic) bond motifs is 5. The van der Waals surface area contributed by atoms with Crippen LogP contribution in [0.2, 0.25) is 0 Å². The Labute approximate surface area is 283 Å². The molecular weight excluding hydrogens is 772 g/mol. The van der Waals surface area contributed by atoms with Gasteiger partial charge in [0, 0.05) is 70.1 Å². The van der Waals surface area contributed by atoms with Crippen LogP contribution >= 0.6 is 0 Å². The summed E-state index contributed by atoms with van der Waals surface area (Å²) < 4.78 is 5.87. The van der Waals surface area contributed by atoms with Gasteiger partial charge in [0.15, 0.2) is 0 Å². The predicted molar refractivity (Wildman–Crippen MR) is 158 cm³/mol. The van der Waals surface area contributed by atoms with Gasteiger partial charge in [-0.15, -0.1) is 47.7 Å². The van der Waals surface area contributed by atoms with E-state index in [2.05, 4.69) is 41.4 Å². The second-order valence-electron chi connectivity index (χ2n) is 9.41. The number of rotatable bonds is 2. The number of pyridine rings is 3. The number of ether oxygens (including phenoxy) is 1. The molecule has 0 spiro atoms. The Morgan fingerprint density at radius 3 is 2.10 bits per heavy atom. The third kappa shape index (κ3) is 6.26. The maximum atomic E-state index is 5.87. The van der Waals surface area contributed by atoms with Gasteiger partial charge >= 0.3 is 0 Å². The normalized spacial score (nSPS) is 11.0. The monoisotopic (exact) mass is 794 g/mol. The predicted octanol–water partition coefficient (Wildman–Crippen LogP) is 8.15. The van der Waals surface area contributed by atoms with E-state index in [4.69, 9.17) is 14.7 Å². The topological polar surface area (TPSA) is 47.9 Å². The van der Waals surface area contributed by atoms with Crippen molar-refractivity contribution in [3.63, 3.8) is 0 Å². The van der Waals surface area contributed by atoms with E-state index in [0.29, 0.717) is 6.61 Å². The summed E-state index contributed by atoms with van der Waals surface area (Å²) in [6.07, 6.45) is 1.91. The number of nitrogens with zero attached hydrogens (tertiary/aromatic N) is 3. The second-order valence-corrected chi connectivity index (χ2v) is 9.41. The van der Waals surface area contributed by atoms with E-state index in [1.54, 1.807) is 0 Å². The number of hydrogen-bond donors (Lipinski definition) is 0. The Bertz CT molecular complexity index is 1970. The van der Waals surface area contributed by atoms with Crippen LogP contribution in [0.5, 0.6) is 5.75 Å². The fraction of sp³-hybridized carbons (Fsp3) is 0.0278. The van der Waals surface area contributed by atoms with Crippen LogP contribution in [-0.4, -0.2) is 15.0 Å². The molecule has 2 radical (unpaired) electrons. The fourth-order valence-electron chi connectivity index (χ4n) is 4.75. The van der Waals surface area contributed by atoms with Crippen molar-refractivity contribution in [2.75, 3.05) is 0 Å².